The van der Waals surface area contributed by atoms with Gasteiger partial charge in [0.2, 0.25) is 0 Å². The maximum absolute atomic E-state index is 5.54. The summed E-state index contributed by atoms with van der Waals surface area (Å²) in [5.74, 6) is 0. The van der Waals surface area contributed by atoms with Crippen molar-refractivity contribution in [1.29, 1.82) is 0 Å². The van der Waals surface area contributed by atoms with Gasteiger partial charge < -0.3 is 5.32 Å². The van der Waals surface area contributed by atoms with Crippen LogP contribution < -0.4 is 5.32 Å². The van der Waals surface area contributed by atoms with Crippen LogP contribution in [0.4, 0.5) is 5.69 Å². The average Bonchev–Trinajstić information content (AvgIpc) is 2.16. The lowest BCUT2D eigenvalue weighted by atomic mass is 10.2. The predicted octanol–water partition coefficient (Wildman–Crippen LogP) is 3.55. The van der Waals surface area contributed by atoms with Gasteiger partial charge in [-0.05, 0) is 31.6 Å². The molecule has 0 unspecified atom stereocenters. The van der Waals surface area contributed by atoms with Crippen molar-refractivity contribution in [2.45, 2.75) is 13.8 Å². The molecular formula is C11H14ClN. The molecule has 0 saturated carbocycles. The van der Waals surface area contributed by atoms with E-state index in [0.29, 0.717) is 0 Å². The Kier molecular flexibility index (Phi) is 3.84. The Hall–Kier alpha value is -0.950. The summed E-state index contributed by atoms with van der Waals surface area (Å²) in [7, 11) is 0. The number of rotatable bonds is 3. The first-order chi connectivity index (χ1) is 6.22. The number of halogens is 1. The summed E-state index contributed by atoms with van der Waals surface area (Å²) in [6.07, 6.45) is 0. The Bertz CT molecular complexity index is 287. The number of anilines is 1. The Morgan fingerprint density at radius 3 is 2.54 bits per heavy atom. The number of hydrogen-bond donors (Lipinski definition) is 1. The third-order valence-electron chi connectivity index (χ3n) is 1.81. The summed E-state index contributed by atoms with van der Waals surface area (Å²) in [5.41, 5.74) is 5.13. The van der Waals surface area contributed by atoms with Crippen molar-refractivity contribution in [2.24, 2.45) is 0 Å². The van der Waals surface area contributed by atoms with E-state index >= 15 is 0 Å². The average molecular weight is 196 g/mol. The summed E-state index contributed by atoms with van der Waals surface area (Å²) < 4.78 is 0. The van der Waals surface area contributed by atoms with Gasteiger partial charge in [-0.15, -0.1) is 0 Å². The molecular weight excluding hydrogens is 182 g/mol. The first kappa shape index (κ1) is 10.1. The van der Waals surface area contributed by atoms with Gasteiger partial charge in [0.15, 0.2) is 0 Å². The molecule has 1 aromatic carbocycles. The molecule has 0 fully saturated rings. The topological polar surface area (TPSA) is 12.0 Å². The minimum Gasteiger partial charge on any atom is -0.381 e. The van der Waals surface area contributed by atoms with Gasteiger partial charge in [0.05, 0.1) is 0 Å². The van der Waals surface area contributed by atoms with Crippen molar-refractivity contribution in [3.63, 3.8) is 0 Å². The lowest BCUT2D eigenvalue weighted by Gasteiger charge is -2.05. The van der Waals surface area contributed by atoms with Gasteiger partial charge in [0.1, 0.15) is 0 Å². The van der Waals surface area contributed by atoms with Crippen LogP contribution in [-0.2, 0) is 0 Å². The van der Waals surface area contributed by atoms with Gasteiger partial charge in [0, 0.05) is 17.8 Å². The van der Waals surface area contributed by atoms with Crippen LogP contribution in [0.1, 0.15) is 12.5 Å². The molecule has 1 rings (SSSR count). The fraction of sp³-hybridized carbons (Fsp3) is 0.273. The minimum atomic E-state index is 0.798. The van der Waals surface area contributed by atoms with Gasteiger partial charge in [0.25, 0.3) is 0 Å². The highest BCUT2D eigenvalue weighted by Gasteiger charge is 1.91. The molecule has 13 heavy (non-hydrogen) atoms. The van der Waals surface area contributed by atoms with Crippen molar-refractivity contribution in [1.82, 2.24) is 0 Å². The third-order valence-corrected chi connectivity index (χ3v) is 2.18. The van der Waals surface area contributed by atoms with E-state index in [0.717, 1.165) is 17.8 Å². The predicted molar refractivity (Wildman–Crippen MR) is 59.3 cm³/mol. The molecule has 2 heteroatoms. The maximum atomic E-state index is 5.54. The summed E-state index contributed by atoms with van der Waals surface area (Å²) in [6, 6.07) is 8.30. The second-order valence-electron chi connectivity index (χ2n) is 3.18. The Balaban J connectivity index is 2.51. The van der Waals surface area contributed by atoms with Crippen molar-refractivity contribution in [3.8, 4) is 0 Å². The highest BCUT2D eigenvalue weighted by atomic mass is 35.5. The van der Waals surface area contributed by atoms with Gasteiger partial charge >= 0.3 is 0 Å². The standard InChI is InChI=1S/C11H14ClN/c1-9-3-5-11(6-4-9)13-8-10(2)7-12/h3-7,13H,8H2,1-2H3/b10-7-. The van der Waals surface area contributed by atoms with Crippen molar-refractivity contribution in [2.75, 3.05) is 11.9 Å². The molecule has 0 aliphatic carbocycles. The molecule has 0 aliphatic rings. The van der Waals surface area contributed by atoms with E-state index < -0.39 is 0 Å². The smallest absolute Gasteiger partial charge is 0.0369 e. The lowest BCUT2D eigenvalue weighted by Crippen LogP contribution is -2.01. The number of hydrogen-bond acceptors (Lipinski definition) is 1. The highest BCUT2D eigenvalue weighted by Crippen LogP contribution is 2.09. The van der Waals surface area contributed by atoms with Crippen LogP contribution in [0, 0.1) is 6.92 Å². The van der Waals surface area contributed by atoms with Gasteiger partial charge in [-0.25, -0.2) is 0 Å². The fourth-order valence-electron chi connectivity index (χ4n) is 0.951. The minimum absolute atomic E-state index is 0.798. The fourth-order valence-corrected chi connectivity index (χ4v) is 1.03. The SMILES string of the molecule is C/C(=C/Cl)CNc1ccc(C)cc1. The van der Waals surface area contributed by atoms with E-state index in [1.54, 1.807) is 5.54 Å². The van der Waals surface area contributed by atoms with Crippen LogP contribution in [0.2, 0.25) is 0 Å². The van der Waals surface area contributed by atoms with Crippen LogP contribution in [0.3, 0.4) is 0 Å². The second kappa shape index (κ2) is 4.93. The molecule has 1 nitrogen and oxygen atoms in total. The largest absolute Gasteiger partial charge is 0.381 e. The molecule has 0 radical (unpaired) electrons. The summed E-state index contributed by atoms with van der Waals surface area (Å²) >= 11 is 5.54. The van der Waals surface area contributed by atoms with Gasteiger partial charge in [-0.2, -0.15) is 0 Å². The summed E-state index contributed by atoms with van der Waals surface area (Å²) in [6.45, 7) is 4.87. The monoisotopic (exact) mass is 195 g/mol. The van der Waals surface area contributed by atoms with Crippen LogP contribution in [-0.4, -0.2) is 6.54 Å². The first-order valence-corrected chi connectivity index (χ1v) is 4.72. The molecule has 1 aromatic rings. The van der Waals surface area contributed by atoms with E-state index in [4.69, 9.17) is 11.6 Å². The Morgan fingerprint density at radius 1 is 1.38 bits per heavy atom. The molecule has 70 valence electrons. The van der Waals surface area contributed by atoms with Crippen LogP contribution in [0.5, 0.6) is 0 Å². The zero-order chi connectivity index (χ0) is 9.68. The third kappa shape index (κ3) is 3.51. The molecule has 0 saturated heterocycles. The van der Waals surface area contributed by atoms with E-state index in [1.807, 2.05) is 6.92 Å². The van der Waals surface area contributed by atoms with E-state index in [-0.39, 0.29) is 0 Å². The number of aryl methyl sites for hydroxylation is 1. The molecule has 0 spiro atoms. The Labute approximate surface area is 84.4 Å². The van der Waals surface area contributed by atoms with E-state index in [2.05, 4.69) is 36.5 Å². The maximum Gasteiger partial charge on any atom is 0.0369 e. The molecule has 1 N–H and O–H groups in total. The van der Waals surface area contributed by atoms with E-state index in [1.165, 1.54) is 5.56 Å². The van der Waals surface area contributed by atoms with Crippen LogP contribution in [0.15, 0.2) is 35.4 Å². The Morgan fingerprint density at radius 2 is 2.00 bits per heavy atom. The zero-order valence-electron chi connectivity index (χ0n) is 7.97. The molecule has 0 heterocycles. The second-order valence-corrected chi connectivity index (χ2v) is 3.39. The van der Waals surface area contributed by atoms with Crippen molar-refractivity contribution < 1.29 is 0 Å². The summed E-state index contributed by atoms with van der Waals surface area (Å²) in [4.78, 5) is 0. The summed E-state index contributed by atoms with van der Waals surface area (Å²) in [5, 5.41) is 3.27. The van der Waals surface area contributed by atoms with Crippen LogP contribution >= 0.6 is 11.6 Å². The molecule has 0 aromatic heterocycles. The van der Waals surface area contributed by atoms with Crippen molar-refractivity contribution >= 4 is 17.3 Å². The van der Waals surface area contributed by atoms with Crippen LogP contribution in [0.25, 0.3) is 0 Å². The molecule has 0 amide bonds. The molecule has 0 atom stereocenters. The highest BCUT2D eigenvalue weighted by molar-refractivity contribution is 6.25. The van der Waals surface area contributed by atoms with Gasteiger partial charge in [-0.3, -0.25) is 0 Å². The first-order valence-electron chi connectivity index (χ1n) is 4.29. The quantitative estimate of drug-likeness (QED) is 0.778. The van der Waals surface area contributed by atoms with E-state index in [9.17, 15) is 0 Å². The molecule has 0 aliphatic heterocycles. The molecule has 0 bridgehead atoms. The normalized spacial score (nSPS) is 11.5. The van der Waals surface area contributed by atoms with Gasteiger partial charge in [-0.1, -0.05) is 29.3 Å². The van der Waals surface area contributed by atoms with Crippen molar-refractivity contribution in [3.05, 3.63) is 40.9 Å². The number of nitrogens with one attached hydrogen (secondary N) is 1. The lowest BCUT2D eigenvalue weighted by molar-refractivity contribution is 1.21. The number of benzene rings is 1. The zero-order valence-corrected chi connectivity index (χ0v) is 8.73.